The number of halogens is 2. The second kappa shape index (κ2) is 6.56. The van der Waals surface area contributed by atoms with E-state index in [1.54, 1.807) is 11.3 Å². The van der Waals surface area contributed by atoms with Crippen LogP contribution in [0.25, 0.3) is 10.6 Å². The van der Waals surface area contributed by atoms with Gasteiger partial charge in [-0.15, -0.1) is 11.3 Å². The zero-order valence-electron chi connectivity index (χ0n) is 11.2. The summed E-state index contributed by atoms with van der Waals surface area (Å²) in [6, 6.07) is 5.84. The Labute approximate surface area is 139 Å². The van der Waals surface area contributed by atoms with E-state index in [0.29, 0.717) is 11.4 Å². The summed E-state index contributed by atoms with van der Waals surface area (Å²) in [5.74, 6) is -0.682. The first kappa shape index (κ1) is 15.1. The van der Waals surface area contributed by atoms with Gasteiger partial charge in [0.2, 0.25) is 5.91 Å². The number of thiazole rings is 1. The quantitative estimate of drug-likeness (QED) is 0.729. The molecular formula is C15H10ClFN2OS2. The Morgan fingerprint density at radius 2 is 2.18 bits per heavy atom. The Bertz CT molecular complexity index is 802. The molecule has 0 spiro atoms. The van der Waals surface area contributed by atoms with E-state index in [-0.39, 0.29) is 17.4 Å². The largest absolute Gasteiger partial charge is 0.324 e. The van der Waals surface area contributed by atoms with Gasteiger partial charge in [0.25, 0.3) is 0 Å². The second-order valence-corrected chi connectivity index (χ2v) is 6.55. The maximum atomic E-state index is 13.0. The Morgan fingerprint density at radius 1 is 1.32 bits per heavy atom. The zero-order valence-corrected chi connectivity index (χ0v) is 13.6. The smallest absolute Gasteiger partial charge is 0.230 e. The molecule has 0 saturated carbocycles. The summed E-state index contributed by atoms with van der Waals surface area (Å²) in [5, 5.41) is 9.58. The maximum absolute atomic E-state index is 13.0. The predicted molar refractivity (Wildman–Crippen MR) is 89.2 cm³/mol. The number of anilines is 1. The van der Waals surface area contributed by atoms with Crippen LogP contribution in [0.3, 0.4) is 0 Å². The molecule has 2 heterocycles. The van der Waals surface area contributed by atoms with Crippen LogP contribution in [0.2, 0.25) is 5.02 Å². The Kier molecular flexibility index (Phi) is 4.52. The normalized spacial score (nSPS) is 10.6. The fraction of sp³-hybridized carbons (Fsp3) is 0.0667. The second-order valence-electron chi connectivity index (χ2n) is 4.51. The Balaban J connectivity index is 1.67. The van der Waals surface area contributed by atoms with E-state index >= 15 is 0 Å². The Morgan fingerprint density at radius 3 is 2.91 bits per heavy atom. The van der Waals surface area contributed by atoms with Crippen molar-refractivity contribution in [2.45, 2.75) is 6.42 Å². The lowest BCUT2D eigenvalue weighted by Gasteiger charge is -2.06. The van der Waals surface area contributed by atoms with E-state index in [1.807, 2.05) is 22.2 Å². The number of aromatic nitrogens is 1. The van der Waals surface area contributed by atoms with Crippen LogP contribution in [0.1, 0.15) is 5.69 Å². The number of carbonyl (C=O) groups excluding carboxylic acids is 1. The third-order valence-corrected chi connectivity index (χ3v) is 4.80. The molecule has 0 bridgehead atoms. The van der Waals surface area contributed by atoms with Crippen LogP contribution in [0, 0.1) is 5.82 Å². The topological polar surface area (TPSA) is 42.0 Å². The van der Waals surface area contributed by atoms with Gasteiger partial charge in [-0.3, -0.25) is 4.79 Å². The molecule has 3 rings (SSSR count). The van der Waals surface area contributed by atoms with Crippen molar-refractivity contribution in [1.29, 1.82) is 0 Å². The lowest BCUT2D eigenvalue weighted by atomic mass is 10.2. The highest BCUT2D eigenvalue weighted by Gasteiger charge is 2.11. The number of carbonyl (C=O) groups is 1. The van der Waals surface area contributed by atoms with Crippen LogP contribution in [0.5, 0.6) is 0 Å². The fourth-order valence-electron chi connectivity index (χ4n) is 1.86. The maximum Gasteiger partial charge on any atom is 0.230 e. The fourth-order valence-corrected chi connectivity index (χ4v) is 3.60. The third kappa shape index (κ3) is 3.52. The number of amides is 1. The lowest BCUT2D eigenvalue weighted by Crippen LogP contribution is -2.14. The number of thiophene rings is 1. The van der Waals surface area contributed by atoms with Gasteiger partial charge in [-0.05, 0) is 29.6 Å². The molecule has 0 unspecified atom stereocenters. The van der Waals surface area contributed by atoms with Gasteiger partial charge in [-0.2, -0.15) is 11.3 Å². The van der Waals surface area contributed by atoms with Crippen LogP contribution in [0.4, 0.5) is 10.1 Å². The van der Waals surface area contributed by atoms with Crippen molar-refractivity contribution in [2.24, 2.45) is 0 Å². The molecule has 2 aromatic heterocycles. The molecule has 0 aliphatic carbocycles. The summed E-state index contributed by atoms with van der Waals surface area (Å²) >= 11 is 8.99. The van der Waals surface area contributed by atoms with Gasteiger partial charge in [0.15, 0.2) is 0 Å². The molecule has 1 aromatic carbocycles. The molecule has 22 heavy (non-hydrogen) atoms. The zero-order chi connectivity index (χ0) is 15.5. The Hall–Kier alpha value is -1.76. The van der Waals surface area contributed by atoms with Crippen LogP contribution in [0.15, 0.2) is 40.4 Å². The van der Waals surface area contributed by atoms with Crippen molar-refractivity contribution in [3.63, 3.8) is 0 Å². The van der Waals surface area contributed by atoms with Gasteiger partial charge in [0.1, 0.15) is 10.8 Å². The molecule has 0 radical (unpaired) electrons. The molecule has 3 nitrogen and oxygen atoms in total. The summed E-state index contributed by atoms with van der Waals surface area (Å²) in [6.45, 7) is 0. The van der Waals surface area contributed by atoms with Crippen molar-refractivity contribution in [3.05, 3.63) is 56.9 Å². The lowest BCUT2D eigenvalue weighted by molar-refractivity contribution is -0.115. The van der Waals surface area contributed by atoms with Gasteiger partial charge < -0.3 is 5.32 Å². The van der Waals surface area contributed by atoms with E-state index < -0.39 is 5.82 Å². The summed E-state index contributed by atoms with van der Waals surface area (Å²) in [7, 11) is 0. The molecule has 0 fully saturated rings. The molecule has 1 N–H and O–H groups in total. The van der Waals surface area contributed by atoms with Crippen molar-refractivity contribution >= 4 is 45.9 Å². The van der Waals surface area contributed by atoms with Gasteiger partial charge in [-0.1, -0.05) is 11.6 Å². The SMILES string of the molecule is O=C(Cc1csc(-c2ccsc2)n1)Nc1ccc(F)cc1Cl. The first-order valence-corrected chi connectivity index (χ1v) is 8.54. The average Bonchev–Trinajstić information content (AvgIpc) is 3.12. The minimum Gasteiger partial charge on any atom is -0.324 e. The molecular weight excluding hydrogens is 343 g/mol. The van der Waals surface area contributed by atoms with Crippen LogP contribution in [-0.2, 0) is 11.2 Å². The molecule has 1 amide bonds. The number of benzene rings is 1. The monoisotopic (exact) mass is 352 g/mol. The number of hydrogen-bond donors (Lipinski definition) is 1. The minimum absolute atomic E-state index is 0.147. The van der Waals surface area contributed by atoms with Crippen LogP contribution < -0.4 is 5.32 Å². The van der Waals surface area contributed by atoms with Crippen LogP contribution >= 0.6 is 34.3 Å². The molecule has 7 heteroatoms. The van der Waals surface area contributed by atoms with E-state index in [0.717, 1.165) is 16.6 Å². The van der Waals surface area contributed by atoms with Gasteiger partial charge in [0.05, 0.1) is 22.8 Å². The molecule has 0 atom stereocenters. The minimum atomic E-state index is -0.442. The molecule has 0 saturated heterocycles. The van der Waals surface area contributed by atoms with Crippen molar-refractivity contribution in [3.8, 4) is 10.6 Å². The van der Waals surface area contributed by atoms with Crippen molar-refractivity contribution < 1.29 is 9.18 Å². The van der Waals surface area contributed by atoms with E-state index in [1.165, 1.54) is 23.5 Å². The van der Waals surface area contributed by atoms with E-state index in [2.05, 4.69) is 10.3 Å². The van der Waals surface area contributed by atoms with Crippen molar-refractivity contribution in [1.82, 2.24) is 4.98 Å². The standard InChI is InChI=1S/C15H10ClFN2OS2/c16-12-5-10(17)1-2-13(12)19-14(20)6-11-8-22-15(18-11)9-3-4-21-7-9/h1-5,7-8H,6H2,(H,19,20). The highest BCUT2D eigenvalue weighted by Crippen LogP contribution is 2.26. The molecule has 3 aromatic rings. The average molecular weight is 353 g/mol. The molecule has 0 aliphatic rings. The number of hydrogen-bond acceptors (Lipinski definition) is 4. The first-order valence-electron chi connectivity index (χ1n) is 6.34. The van der Waals surface area contributed by atoms with Gasteiger partial charge in [-0.25, -0.2) is 9.37 Å². The summed E-state index contributed by atoms with van der Waals surface area (Å²) in [4.78, 5) is 16.5. The van der Waals surface area contributed by atoms with Gasteiger partial charge >= 0.3 is 0 Å². The van der Waals surface area contributed by atoms with Gasteiger partial charge in [0, 0.05) is 16.3 Å². The summed E-state index contributed by atoms with van der Waals surface area (Å²) in [6.07, 6.45) is 0.147. The van der Waals surface area contributed by atoms with Crippen molar-refractivity contribution in [2.75, 3.05) is 5.32 Å². The van der Waals surface area contributed by atoms with E-state index in [4.69, 9.17) is 11.6 Å². The number of rotatable bonds is 4. The highest BCUT2D eigenvalue weighted by molar-refractivity contribution is 7.14. The highest BCUT2D eigenvalue weighted by atomic mass is 35.5. The molecule has 112 valence electrons. The first-order chi connectivity index (χ1) is 10.6. The number of nitrogens with zero attached hydrogens (tertiary/aromatic N) is 1. The third-order valence-electron chi connectivity index (χ3n) is 2.87. The van der Waals surface area contributed by atoms with E-state index in [9.17, 15) is 9.18 Å². The number of nitrogens with one attached hydrogen (secondary N) is 1. The predicted octanol–water partition coefficient (Wildman–Crippen LogP) is 4.85. The summed E-state index contributed by atoms with van der Waals surface area (Å²) < 4.78 is 13.0. The van der Waals surface area contributed by atoms with Crippen LogP contribution in [-0.4, -0.2) is 10.9 Å². The molecule has 0 aliphatic heterocycles. The summed E-state index contributed by atoms with van der Waals surface area (Å²) in [5.41, 5.74) is 2.14.